The molecule has 116 valence electrons. The van der Waals surface area contributed by atoms with E-state index in [9.17, 15) is 0 Å². The lowest BCUT2D eigenvalue weighted by Gasteiger charge is -1.98. The van der Waals surface area contributed by atoms with Crippen molar-refractivity contribution in [1.82, 2.24) is 4.98 Å². The molecule has 4 rings (SSSR count). The molecule has 3 aromatic carbocycles. The van der Waals surface area contributed by atoms with E-state index in [0.29, 0.717) is 5.89 Å². The van der Waals surface area contributed by atoms with Crippen LogP contribution in [0.1, 0.15) is 11.1 Å². The average molecular weight is 332 g/mol. The van der Waals surface area contributed by atoms with Crippen molar-refractivity contribution in [3.05, 3.63) is 88.9 Å². The average Bonchev–Trinajstić information content (AvgIpc) is 3.06. The minimum atomic E-state index is 0.643. The zero-order chi connectivity index (χ0) is 16.4. The molecule has 3 heteroatoms. The maximum absolute atomic E-state index is 5.89. The summed E-state index contributed by atoms with van der Waals surface area (Å²) in [6.45, 7) is 0. The fourth-order valence-electron chi connectivity index (χ4n) is 2.50. The van der Waals surface area contributed by atoms with Gasteiger partial charge in [-0.1, -0.05) is 60.2 Å². The number of aromatic nitrogens is 1. The molecule has 24 heavy (non-hydrogen) atoms. The lowest BCUT2D eigenvalue weighted by Crippen LogP contribution is -1.78. The Morgan fingerprint density at radius 3 is 2.04 bits per heavy atom. The predicted molar refractivity (Wildman–Crippen MR) is 99.8 cm³/mol. The number of benzene rings is 3. The quantitative estimate of drug-likeness (QED) is 0.410. The molecule has 2 nitrogen and oxygen atoms in total. The monoisotopic (exact) mass is 331 g/mol. The van der Waals surface area contributed by atoms with E-state index in [-0.39, 0.29) is 0 Å². The molecule has 0 saturated carbocycles. The standard InChI is InChI=1S/C21H14ClNO/c22-18-13-9-16(10-14-18)6-5-15-7-11-17(12-8-15)21-23-19-3-1-2-4-20(19)24-21/h1-14H. The van der Waals surface area contributed by atoms with Gasteiger partial charge in [-0.05, 0) is 47.5 Å². The molecule has 0 aliphatic carbocycles. The van der Waals surface area contributed by atoms with Crippen LogP contribution in [-0.2, 0) is 0 Å². The topological polar surface area (TPSA) is 26.0 Å². The molecule has 4 aromatic rings. The molecular formula is C21H14ClNO. The van der Waals surface area contributed by atoms with E-state index in [2.05, 4.69) is 29.3 Å². The van der Waals surface area contributed by atoms with Crippen molar-refractivity contribution < 1.29 is 4.42 Å². The van der Waals surface area contributed by atoms with E-state index in [4.69, 9.17) is 16.0 Å². The van der Waals surface area contributed by atoms with Gasteiger partial charge in [0.15, 0.2) is 5.58 Å². The molecule has 1 heterocycles. The Labute approximate surface area is 145 Å². The summed E-state index contributed by atoms with van der Waals surface area (Å²) in [6.07, 6.45) is 4.13. The minimum Gasteiger partial charge on any atom is -0.436 e. The van der Waals surface area contributed by atoms with Gasteiger partial charge in [-0.15, -0.1) is 0 Å². The summed E-state index contributed by atoms with van der Waals surface area (Å²) >= 11 is 5.89. The van der Waals surface area contributed by atoms with E-state index >= 15 is 0 Å². The smallest absolute Gasteiger partial charge is 0.227 e. The summed E-state index contributed by atoms with van der Waals surface area (Å²) in [5, 5.41) is 0.745. The maximum Gasteiger partial charge on any atom is 0.227 e. The van der Waals surface area contributed by atoms with Crippen LogP contribution in [0.4, 0.5) is 0 Å². The zero-order valence-electron chi connectivity index (χ0n) is 12.8. The number of halogens is 1. The van der Waals surface area contributed by atoms with Crippen molar-refractivity contribution in [3.8, 4) is 11.5 Å². The van der Waals surface area contributed by atoms with Gasteiger partial charge in [0.05, 0.1) is 0 Å². The van der Waals surface area contributed by atoms with Crippen LogP contribution in [0.2, 0.25) is 5.02 Å². The van der Waals surface area contributed by atoms with Crippen LogP contribution in [0.5, 0.6) is 0 Å². The van der Waals surface area contributed by atoms with Gasteiger partial charge >= 0.3 is 0 Å². The van der Waals surface area contributed by atoms with Crippen molar-refractivity contribution in [2.24, 2.45) is 0 Å². The molecule has 0 unspecified atom stereocenters. The highest BCUT2D eigenvalue weighted by Gasteiger charge is 2.06. The lowest BCUT2D eigenvalue weighted by molar-refractivity contribution is 0.620. The zero-order valence-corrected chi connectivity index (χ0v) is 13.6. The molecule has 0 fully saturated rings. The Balaban J connectivity index is 1.57. The number of nitrogens with zero attached hydrogens (tertiary/aromatic N) is 1. The van der Waals surface area contributed by atoms with Gasteiger partial charge < -0.3 is 4.42 Å². The lowest BCUT2D eigenvalue weighted by atomic mass is 10.1. The van der Waals surface area contributed by atoms with E-state index in [0.717, 1.165) is 32.8 Å². The van der Waals surface area contributed by atoms with Crippen LogP contribution in [0.3, 0.4) is 0 Å². The number of oxazole rings is 1. The van der Waals surface area contributed by atoms with Crippen molar-refractivity contribution in [2.75, 3.05) is 0 Å². The molecule has 0 aliphatic heterocycles. The highest BCUT2D eigenvalue weighted by Crippen LogP contribution is 2.24. The number of fused-ring (bicyclic) bond motifs is 1. The molecule has 1 aromatic heterocycles. The first-order valence-corrected chi connectivity index (χ1v) is 8.05. The number of para-hydroxylation sites is 2. The second-order valence-electron chi connectivity index (χ2n) is 5.49. The summed E-state index contributed by atoms with van der Waals surface area (Å²) < 4.78 is 5.79. The summed E-state index contributed by atoms with van der Waals surface area (Å²) in [4.78, 5) is 4.52. The molecule has 0 atom stereocenters. The molecule has 0 bridgehead atoms. The van der Waals surface area contributed by atoms with Crippen LogP contribution in [0, 0.1) is 0 Å². The van der Waals surface area contributed by atoms with E-state index in [1.54, 1.807) is 0 Å². The second kappa shape index (κ2) is 6.34. The number of hydrogen-bond donors (Lipinski definition) is 0. The highest BCUT2D eigenvalue weighted by atomic mass is 35.5. The third kappa shape index (κ3) is 3.10. The third-order valence-corrected chi connectivity index (χ3v) is 4.04. The molecule has 0 N–H and O–H groups in total. The first kappa shape index (κ1) is 14.7. The SMILES string of the molecule is Clc1ccc(C=Cc2ccc(-c3nc4ccccc4o3)cc2)cc1. The van der Waals surface area contributed by atoms with Crippen LogP contribution >= 0.6 is 11.6 Å². The van der Waals surface area contributed by atoms with Crippen molar-refractivity contribution in [1.29, 1.82) is 0 Å². The fraction of sp³-hybridized carbons (Fsp3) is 0. The molecule has 0 radical (unpaired) electrons. The number of hydrogen-bond acceptors (Lipinski definition) is 2. The molecule has 0 aliphatic rings. The van der Waals surface area contributed by atoms with Crippen molar-refractivity contribution >= 4 is 34.9 Å². The first-order chi connectivity index (χ1) is 11.8. The Kier molecular flexibility index (Phi) is 3.89. The Morgan fingerprint density at radius 2 is 1.38 bits per heavy atom. The predicted octanol–water partition coefficient (Wildman–Crippen LogP) is 6.32. The van der Waals surface area contributed by atoms with Gasteiger partial charge in [0.2, 0.25) is 5.89 Å². The summed E-state index contributed by atoms with van der Waals surface area (Å²) in [7, 11) is 0. The normalized spacial score (nSPS) is 11.4. The first-order valence-electron chi connectivity index (χ1n) is 7.68. The Hall–Kier alpha value is -2.84. The third-order valence-electron chi connectivity index (χ3n) is 3.79. The van der Waals surface area contributed by atoms with Gasteiger partial charge in [-0.3, -0.25) is 0 Å². The van der Waals surface area contributed by atoms with Gasteiger partial charge in [-0.25, -0.2) is 4.98 Å². The van der Waals surface area contributed by atoms with Crippen LogP contribution in [0.15, 0.2) is 77.2 Å². The second-order valence-corrected chi connectivity index (χ2v) is 5.93. The van der Waals surface area contributed by atoms with Crippen molar-refractivity contribution in [2.45, 2.75) is 0 Å². The molecule has 0 amide bonds. The van der Waals surface area contributed by atoms with E-state index in [1.165, 1.54) is 0 Å². The molecule has 0 spiro atoms. The van der Waals surface area contributed by atoms with E-state index in [1.807, 2.05) is 60.7 Å². The Morgan fingerprint density at radius 1 is 0.750 bits per heavy atom. The molecule has 0 saturated heterocycles. The highest BCUT2D eigenvalue weighted by molar-refractivity contribution is 6.30. The van der Waals surface area contributed by atoms with Crippen LogP contribution < -0.4 is 0 Å². The minimum absolute atomic E-state index is 0.643. The summed E-state index contributed by atoms with van der Waals surface area (Å²) in [5.41, 5.74) is 4.88. The fourth-order valence-corrected chi connectivity index (χ4v) is 2.62. The molecular weight excluding hydrogens is 318 g/mol. The van der Waals surface area contributed by atoms with Crippen LogP contribution in [0.25, 0.3) is 34.7 Å². The van der Waals surface area contributed by atoms with Crippen LogP contribution in [-0.4, -0.2) is 4.98 Å². The largest absolute Gasteiger partial charge is 0.436 e. The summed E-state index contributed by atoms with van der Waals surface area (Å²) in [6, 6.07) is 23.7. The maximum atomic E-state index is 5.89. The van der Waals surface area contributed by atoms with Gasteiger partial charge in [0, 0.05) is 10.6 Å². The summed E-state index contributed by atoms with van der Waals surface area (Å²) in [5.74, 6) is 0.643. The Bertz CT molecular complexity index is 965. The van der Waals surface area contributed by atoms with Gasteiger partial charge in [0.1, 0.15) is 5.52 Å². The van der Waals surface area contributed by atoms with Crippen molar-refractivity contribution in [3.63, 3.8) is 0 Å². The van der Waals surface area contributed by atoms with E-state index < -0.39 is 0 Å². The number of rotatable bonds is 3. The van der Waals surface area contributed by atoms with Gasteiger partial charge in [-0.2, -0.15) is 0 Å². The van der Waals surface area contributed by atoms with Gasteiger partial charge in [0.25, 0.3) is 0 Å².